The molecule has 0 spiro atoms. The fourth-order valence-corrected chi connectivity index (χ4v) is 4.21. The number of hydrogen-bond donors (Lipinski definition) is 3. The van der Waals surface area contributed by atoms with Gasteiger partial charge in [-0.3, -0.25) is 4.90 Å². The number of halogens is 1. The summed E-state index contributed by atoms with van der Waals surface area (Å²) in [7, 11) is 0. The maximum Gasteiger partial charge on any atom is 0.229 e. The normalized spacial score (nSPS) is 16.4. The molecule has 3 N–H and O–H groups in total. The fraction of sp³-hybridized carbons (Fsp3) is 0.417. The summed E-state index contributed by atoms with van der Waals surface area (Å²) < 4.78 is 21.9. The third kappa shape index (κ3) is 5.32. The van der Waals surface area contributed by atoms with Crippen molar-refractivity contribution >= 4 is 11.6 Å². The average molecular weight is 456 g/mol. The Balaban J connectivity index is 1.55. The maximum absolute atomic E-state index is 14.6. The quantitative estimate of drug-likeness (QED) is 0.481. The molecule has 4 rings (SSSR count). The van der Waals surface area contributed by atoms with Gasteiger partial charge in [0, 0.05) is 37.7 Å². The Kier molecular flexibility index (Phi) is 6.92. The Morgan fingerprint density at radius 3 is 2.61 bits per heavy atom. The lowest BCUT2D eigenvalue weighted by Gasteiger charge is -2.14. The fourth-order valence-electron chi connectivity index (χ4n) is 4.21. The number of nitrogens with zero attached hydrogens (tertiary/aromatic N) is 4. The van der Waals surface area contributed by atoms with Crippen molar-refractivity contribution in [3.05, 3.63) is 58.8 Å². The molecule has 3 heterocycles. The summed E-state index contributed by atoms with van der Waals surface area (Å²) in [4.78, 5) is 10.7. The number of aliphatic hydroxyl groups excluding tert-OH is 2. The van der Waals surface area contributed by atoms with Crippen LogP contribution in [0.1, 0.15) is 28.7 Å². The van der Waals surface area contributed by atoms with Crippen molar-refractivity contribution in [2.75, 3.05) is 31.6 Å². The number of hydrogen-bond acceptors (Lipinski definition) is 7. The van der Waals surface area contributed by atoms with Gasteiger partial charge in [0.25, 0.3) is 0 Å². The van der Waals surface area contributed by atoms with E-state index in [0.717, 1.165) is 52.9 Å². The molecule has 0 bridgehead atoms. The number of rotatable bonds is 8. The number of aliphatic hydroxyl groups is 2. The molecular weight excluding hydrogens is 425 g/mol. The van der Waals surface area contributed by atoms with Gasteiger partial charge in [-0.05, 0) is 61.6 Å². The Bertz CT molecular complexity index is 1110. The van der Waals surface area contributed by atoms with Crippen LogP contribution in [0.5, 0.6) is 5.75 Å². The van der Waals surface area contributed by atoms with Crippen LogP contribution in [-0.4, -0.2) is 62.1 Å². The van der Waals surface area contributed by atoms with Gasteiger partial charge in [0.1, 0.15) is 12.4 Å². The zero-order valence-electron chi connectivity index (χ0n) is 19.2. The summed E-state index contributed by atoms with van der Waals surface area (Å²) in [5.41, 5.74) is 4.68. The van der Waals surface area contributed by atoms with E-state index < -0.39 is 5.82 Å². The molecular formula is C24H30FN5O3. The van der Waals surface area contributed by atoms with Crippen molar-refractivity contribution in [2.24, 2.45) is 0 Å². The van der Waals surface area contributed by atoms with Gasteiger partial charge >= 0.3 is 0 Å². The number of aryl methyl sites for hydroxylation is 3. The Morgan fingerprint density at radius 1 is 1.18 bits per heavy atom. The first-order valence-electron chi connectivity index (χ1n) is 11.1. The molecule has 3 aromatic rings. The number of likely N-dealkylation sites (tertiary alicyclic amines) is 1. The van der Waals surface area contributed by atoms with Crippen molar-refractivity contribution in [2.45, 2.75) is 39.8 Å². The van der Waals surface area contributed by atoms with Crippen LogP contribution in [-0.2, 0) is 6.54 Å². The van der Waals surface area contributed by atoms with E-state index in [-0.39, 0.29) is 31.1 Å². The number of aromatic nitrogens is 3. The molecule has 1 aromatic carbocycles. The molecule has 1 atom stereocenters. The molecule has 176 valence electrons. The Hall–Kier alpha value is -3.01. The molecule has 0 saturated carbocycles. The highest BCUT2D eigenvalue weighted by Gasteiger charge is 2.21. The van der Waals surface area contributed by atoms with Crippen LogP contribution in [0.2, 0.25) is 0 Å². The van der Waals surface area contributed by atoms with Gasteiger partial charge in [-0.25, -0.2) is 9.37 Å². The van der Waals surface area contributed by atoms with Crippen LogP contribution in [0.15, 0.2) is 30.7 Å². The summed E-state index contributed by atoms with van der Waals surface area (Å²) in [6, 6.07) is 3.79. The summed E-state index contributed by atoms with van der Waals surface area (Å²) in [6.45, 7) is 8.23. The first-order valence-corrected chi connectivity index (χ1v) is 11.1. The molecule has 0 amide bonds. The van der Waals surface area contributed by atoms with Crippen LogP contribution in [0.3, 0.4) is 0 Å². The van der Waals surface area contributed by atoms with Crippen molar-refractivity contribution < 1.29 is 19.3 Å². The number of anilines is 2. The second-order valence-corrected chi connectivity index (χ2v) is 8.55. The number of benzene rings is 1. The van der Waals surface area contributed by atoms with E-state index in [4.69, 9.17) is 9.84 Å². The van der Waals surface area contributed by atoms with Gasteiger partial charge < -0.3 is 24.8 Å². The maximum atomic E-state index is 14.6. The van der Waals surface area contributed by atoms with E-state index >= 15 is 0 Å². The van der Waals surface area contributed by atoms with Crippen LogP contribution < -0.4 is 10.1 Å². The predicted molar refractivity (Wildman–Crippen MR) is 124 cm³/mol. The van der Waals surface area contributed by atoms with Crippen molar-refractivity contribution in [3.63, 3.8) is 0 Å². The van der Waals surface area contributed by atoms with Gasteiger partial charge in [0.15, 0.2) is 11.6 Å². The monoisotopic (exact) mass is 455 g/mol. The second kappa shape index (κ2) is 9.86. The van der Waals surface area contributed by atoms with Crippen molar-refractivity contribution in [1.82, 2.24) is 19.4 Å². The minimum Gasteiger partial charge on any atom is -0.491 e. The van der Waals surface area contributed by atoms with E-state index in [2.05, 4.69) is 20.2 Å². The smallest absolute Gasteiger partial charge is 0.229 e. The highest BCUT2D eigenvalue weighted by molar-refractivity contribution is 5.60. The molecule has 8 nitrogen and oxygen atoms in total. The molecule has 2 aromatic heterocycles. The van der Waals surface area contributed by atoms with Crippen LogP contribution >= 0.6 is 0 Å². The highest BCUT2D eigenvalue weighted by Crippen LogP contribution is 2.29. The van der Waals surface area contributed by atoms with Gasteiger partial charge in [-0.2, -0.15) is 4.98 Å². The summed E-state index contributed by atoms with van der Waals surface area (Å²) >= 11 is 0. The lowest BCUT2D eigenvalue weighted by Crippen LogP contribution is -2.21. The molecule has 0 aliphatic carbocycles. The number of nitrogens with one attached hydrogen (secondary N) is 1. The molecule has 1 aliphatic heterocycles. The van der Waals surface area contributed by atoms with E-state index in [1.54, 1.807) is 4.57 Å². The van der Waals surface area contributed by atoms with Crippen molar-refractivity contribution in [3.8, 4) is 11.6 Å². The topological polar surface area (TPSA) is 95.7 Å². The SMILES string of the molecule is Cc1cn(-c2nc(Nc3cc(C)c(OCCO)c(C)c3)ncc2F)cc1CN1CC[C@@H](O)C1. The average Bonchev–Trinajstić information content (AvgIpc) is 3.34. The number of ether oxygens (including phenoxy) is 1. The molecule has 9 heteroatoms. The van der Waals surface area contributed by atoms with E-state index in [1.807, 2.05) is 45.3 Å². The molecule has 1 saturated heterocycles. The zero-order chi connectivity index (χ0) is 23.5. The van der Waals surface area contributed by atoms with E-state index in [0.29, 0.717) is 13.1 Å². The molecule has 33 heavy (non-hydrogen) atoms. The first-order chi connectivity index (χ1) is 15.8. The standard InChI is InChI=1S/C24H30FN5O3/c1-15-8-19(9-16(2)22(15)33-7-6-31)27-24-26-10-21(25)23(28-24)30-11-17(3)18(13-30)12-29-5-4-20(32)14-29/h8-11,13,20,31-32H,4-7,12,14H2,1-3H3,(H,26,27,28)/t20-/m1/s1. The molecule has 0 radical (unpaired) electrons. The molecule has 1 fully saturated rings. The van der Waals surface area contributed by atoms with Crippen molar-refractivity contribution in [1.29, 1.82) is 0 Å². The largest absolute Gasteiger partial charge is 0.491 e. The third-order valence-corrected chi connectivity index (χ3v) is 5.80. The minimum atomic E-state index is -0.515. The van der Waals surface area contributed by atoms with Crippen LogP contribution in [0.25, 0.3) is 5.82 Å². The number of β-amino-alcohol motifs (C(OH)–C–C–N with tert-alkyl or cyclic N) is 1. The lowest BCUT2D eigenvalue weighted by molar-refractivity contribution is 0.174. The van der Waals surface area contributed by atoms with E-state index in [9.17, 15) is 9.50 Å². The predicted octanol–water partition coefficient (Wildman–Crippen LogP) is 3.01. The minimum absolute atomic E-state index is 0.0500. The van der Waals surface area contributed by atoms with Crippen LogP contribution in [0, 0.1) is 26.6 Å². The first kappa shape index (κ1) is 23.2. The van der Waals surface area contributed by atoms with Crippen LogP contribution in [0.4, 0.5) is 16.0 Å². The van der Waals surface area contributed by atoms with Gasteiger partial charge in [-0.1, -0.05) is 0 Å². The Labute approximate surface area is 192 Å². The third-order valence-electron chi connectivity index (χ3n) is 5.80. The van der Waals surface area contributed by atoms with Gasteiger partial charge in [-0.15, -0.1) is 0 Å². The van der Waals surface area contributed by atoms with Gasteiger partial charge in [0.2, 0.25) is 5.95 Å². The van der Waals surface area contributed by atoms with Gasteiger partial charge in [0.05, 0.1) is 18.9 Å². The molecule has 1 aliphatic rings. The van der Waals surface area contributed by atoms with E-state index in [1.165, 1.54) is 0 Å². The summed E-state index contributed by atoms with van der Waals surface area (Å²) in [6.07, 6.45) is 5.41. The second-order valence-electron chi connectivity index (χ2n) is 8.55. The Morgan fingerprint density at radius 2 is 1.94 bits per heavy atom. The molecule has 0 unspecified atom stereocenters. The lowest BCUT2D eigenvalue weighted by atomic mass is 10.1. The zero-order valence-corrected chi connectivity index (χ0v) is 19.2. The summed E-state index contributed by atoms with van der Waals surface area (Å²) in [5, 5.41) is 21.9. The summed E-state index contributed by atoms with van der Waals surface area (Å²) in [5.74, 6) is 0.666. The highest BCUT2D eigenvalue weighted by atomic mass is 19.1.